The van der Waals surface area contributed by atoms with E-state index in [0.29, 0.717) is 12.5 Å². The van der Waals surface area contributed by atoms with Crippen molar-refractivity contribution in [2.24, 2.45) is 0 Å². The van der Waals surface area contributed by atoms with Crippen LogP contribution in [0.1, 0.15) is 51.2 Å². The monoisotopic (exact) mass is 288 g/mol. The summed E-state index contributed by atoms with van der Waals surface area (Å²) in [4.78, 5) is 12.0. The fraction of sp³-hybridized carbons (Fsp3) is 0.611. The quantitative estimate of drug-likeness (QED) is 0.894. The van der Waals surface area contributed by atoms with Gasteiger partial charge in [0, 0.05) is 19.0 Å². The zero-order chi connectivity index (χ0) is 15.3. The van der Waals surface area contributed by atoms with Crippen molar-refractivity contribution < 1.29 is 4.79 Å². The molecule has 1 heterocycles. The fourth-order valence-corrected chi connectivity index (χ4v) is 2.70. The van der Waals surface area contributed by atoms with Gasteiger partial charge in [-0.25, -0.2) is 0 Å². The van der Waals surface area contributed by atoms with Gasteiger partial charge in [-0.05, 0) is 42.3 Å². The number of amides is 1. The van der Waals surface area contributed by atoms with Gasteiger partial charge in [-0.15, -0.1) is 0 Å². The van der Waals surface area contributed by atoms with Crippen LogP contribution in [0.15, 0.2) is 24.3 Å². The van der Waals surface area contributed by atoms with Crippen molar-refractivity contribution in [2.45, 2.75) is 57.9 Å². The van der Waals surface area contributed by atoms with Crippen molar-refractivity contribution in [3.63, 3.8) is 0 Å². The van der Waals surface area contributed by atoms with E-state index in [1.165, 1.54) is 11.1 Å². The average Bonchev–Trinajstić information content (AvgIpc) is 2.46. The molecule has 1 aromatic rings. The highest BCUT2D eigenvalue weighted by atomic mass is 16.1. The van der Waals surface area contributed by atoms with Crippen LogP contribution in [-0.2, 0) is 16.6 Å². The third kappa shape index (κ3) is 5.16. The summed E-state index contributed by atoms with van der Waals surface area (Å²) in [5.74, 6) is 0.170. The van der Waals surface area contributed by atoms with E-state index in [1.807, 2.05) is 0 Å². The van der Waals surface area contributed by atoms with Gasteiger partial charge in [-0.1, -0.05) is 45.0 Å². The van der Waals surface area contributed by atoms with Crippen LogP contribution in [-0.4, -0.2) is 25.0 Å². The summed E-state index contributed by atoms with van der Waals surface area (Å²) in [6.07, 6.45) is 3.64. The molecule has 1 aromatic carbocycles. The minimum Gasteiger partial charge on any atom is -0.352 e. The smallest absolute Gasteiger partial charge is 0.220 e. The van der Waals surface area contributed by atoms with Crippen LogP contribution in [0.3, 0.4) is 0 Å². The highest BCUT2D eigenvalue weighted by molar-refractivity contribution is 5.76. The predicted octanol–water partition coefficient (Wildman–Crippen LogP) is 2.78. The predicted molar refractivity (Wildman–Crippen MR) is 87.5 cm³/mol. The molecule has 3 nitrogen and oxygen atoms in total. The zero-order valence-corrected chi connectivity index (χ0v) is 13.5. The Balaban J connectivity index is 1.78. The molecular formula is C18H28N2O. The van der Waals surface area contributed by atoms with Crippen molar-refractivity contribution >= 4 is 5.91 Å². The summed E-state index contributed by atoms with van der Waals surface area (Å²) in [7, 11) is 0. The van der Waals surface area contributed by atoms with Gasteiger partial charge in [0.05, 0.1) is 0 Å². The maximum atomic E-state index is 12.0. The van der Waals surface area contributed by atoms with Gasteiger partial charge in [-0.2, -0.15) is 0 Å². The Labute approximate surface area is 128 Å². The lowest BCUT2D eigenvalue weighted by Crippen LogP contribution is -2.45. The summed E-state index contributed by atoms with van der Waals surface area (Å²) in [6.45, 7) is 8.63. The summed E-state index contributed by atoms with van der Waals surface area (Å²) in [5.41, 5.74) is 2.76. The Bertz CT molecular complexity index is 453. The molecule has 0 radical (unpaired) electrons. The van der Waals surface area contributed by atoms with E-state index in [9.17, 15) is 4.79 Å². The third-order valence-electron chi connectivity index (χ3n) is 4.12. The second-order valence-electron chi connectivity index (χ2n) is 7.06. The van der Waals surface area contributed by atoms with Gasteiger partial charge in [0.25, 0.3) is 0 Å². The number of rotatable bonds is 4. The second-order valence-corrected chi connectivity index (χ2v) is 7.06. The summed E-state index contributed by atoms with van der Waals surface area (Å²) in [5, 5.41) is 6.44. The highest BCUT2D eigenvalue weighted by Gasteiger charge is 2.15. The maximum absolute atomic E-state index is 12.0. The van der Waals surface area contributed by atoms with E-state index in [4.69, 9.17) is 0 Å². The van der Waals surface area contributed by atoms with Crippen LogP contribution in [0, 0.1) is 0 Å². The van der Waals surface area contributed by atoms with E-state index < -0.39 is 0 Å². The van der Waals surface area contributed by atoms with E-state index in [0.717, 1.165) is 32.4 Å². The van der Waals surface area contributed by atoms with Crippen molar-refractivity contribution in [1.29, 1.82) is 0 Å². The molecule has 1 atom stereocenters. The SMILES string of the molecule is CC(C)(C)c1ccc(CCC(=O)N[C@H]2CCCNC2)cc1. The molecule has 0 bridgehead atoms. The van der Waals surface area contributed by atoms with E-state index in [1.54, 1.807) is 0 Å². The van der Waals surface area contributed by atoms with E-state index >= 15 is 0 Å². The maximum Gasteiger partial charge on any atom is 0.220 e. The lowest BCUT2D eigenvalue weighted by atomic mass is 9.86. The van der Waals surface area contributed by atoms with Gasteiger partial charge in [0.2, 0.25) is 5.91 Å². The van der Waals surface area contributed by atoms with Gasteiger partial charge in [0.1, 0.15) is 0 Å². The molecule has 2 N–H and O–H groups in total. The molecule has 1 aliphatic rings. The minimum atomic E-state index is 0.170. The van der Waals surface area contributed by atoms with Crippen LogP contribution in [0.25, 0.3) is 0 Å². The minimum absolute atomic E-state index is 0.170. The van der Waals surface area contributed by atoms with Crippen molar-refractivity contribution in [3.05, 3.63) is 35.4 Å². The molecule has 2 rings (SSSR count). The molecule has 1 aliphatic heterocycles. The summed E-state index contributed by atoms with van der Waals surface area (Å²) in [6, 6.07) is 8.97. The molecule has 1 saturated heterocycles. The zero-order valence-electron chi connectivity index (χ0n) is 13.5. The molecule has 0 aromatic heterocycles. The molecule has 0 spiro atoms. The lowest BCUT2D eigenvalue weighted by Gasteiger charge is -2.23. The third-order valence-corrected chi connectivity index (χ3v) is 4.12. The number of piperidine rings is 1. The number of carbonyl (C=O) groups is 1. The first-order valence-corrected chi connectivity index (χ1v) is 8.04. The first-order chi connectivity index (χ1) is 9.95. The largest absolute Gasteiger partial charge is 0.352 e. The molecular weight excluding hydrogens is 260 g/mol. The number of benzene rings is 1. The number of hydrogen-bond acceptors (Lipinski definition) is 2. The standard InChI is InChI=1S/C18H28N2O/c1-18(2,3)15-9-6-14(7-10-15)8-11-17(21)20-16-5-4-12-19-13-16/h6-7,9-10,16,19H,4-5,8,11-13H2,1-3H3,(H,20,21)/t16-/m0/s1. The van der Waals surface area contributed by atoms with Gasteiger partial charge in [0.15, 0.2) is 0 Å². The number of hydrogen-bond donors (Lipinski definition) is 2. The fourth-order valence-electron chi connectivity index (χ4n) is 2.70. The Morgan fingerprint density at radius 1 is 1.29 bits per heavy atom. The Morgan fingerprint density at radius 3 is 2.57 bits per heavy atom. The Morgan fingerprint density at radius 2 is 2.00 bits per heavy atom. The average molecular weight is 288 g/mol. The van der Waals surface area contributed by atoms with Crippen molar-refractivity contribution in [3.8, 4) is 0 Å². The molecule has 0 aliphatic carbocycles. The Hall–Kier alpha value is -1.35. The molecule has 3 heteroatoms. The van der Waals surface area contributed by atoms with E-state index in [2.05, 4.69) is 55.7 Å². The van der Waals surface area contributed by atoms with Crippen molar-refractivity contribution in [2.75, 3.05) is 13.1 Å². The first kappa shape index (κ1) is 16.0. The van der Waals surface area contributed by atoms with Crippen LogP contribution in [0.2, 0.25) is 0 Å². The summed E-state index contributed by atoms with van der Waals surface area (Å²) < 4.78 is 0. The highest BCUT2D eigenvalue weighted by Crippen LogP contribution is 2.22. The number of carbonyl (C=O) groups excluding carboxylic acids is 1. The first-order valence-electron chi connectivity index (χ1n) is 8.04. The van der Waals surface area contributed by atoms with Gasteiger partial charge in [-0.3, -0.25) is 4.79 Å². The van der Waals surface area contributed by atoms with Gasteiger partial charge < -0.3 is 10.6 Å². The lowest BCUT2D eigenvalue weighted by molar-refractivity contribution is -0.121. The molecule has 0 saturated carbocycles. The topological polar surface area (TPSA) is 41.1 Å². The number of nitrogens with one attached hydrogen (secondary N) is 2. The molecule has 21 heavy (non-hydrogen) atoms. The molecule has 1 fully saturated rings. The second kappa shape index (κ2) is 7.08. The van der Waals surface area contributed by atoms with Crippen LogP contribution in [0.5, 0.6) is 0 Å². The Kier molecular flexibility index (Phi) is 5.40. The summed E-state index contributed by atoms with van der Waals surface area (Å²) >= 11 is 0. The molecule has 116 valence electrons. The van der Waals surface area contributed by atoms with E-state index in [-0.39, 0.29) is 11.3 Å². The molecule has 1 amide bonds. The van der Waals surface area contributed by atoms with Crippen LogP contribution >= 0.6 is 0 Å². The molecule has 0 unspecified atom stereocenters. The number of aryl methyl sites for hydroxylation is 1. The van der Waals surface area contributed by atoms with Gasteiger partial charge >= 0.3 is 0 Å². The van der Waals surface area contributed by atoms with Crippen LogP contribution < -0.4 is 10.6 Å². The van der Waals surface area contributed by atoms with Crippen molar-refractivity contribution in [1.82, 2.24) is 10.6 Å². The normalized spacial score (nSPS) is 19.3. The van der Waals surface area contributed by atoms with Crippen LogP contribution in [0.4, 0.5) is 0 Å².